The zero-order chi connectivity index (χ0) is 13.0. The van der Waals surface area contributed by atoms with E-state index in [4.69, 9.17) is 4.42 Å². The lowest BCUT2D eigenvalue weighted by Gasteiger charge is -2.05. The molecule has 2 aromatic rings. The van der Waals surface area contributed by atoms with Crippen LogP contribution in [0.3, 0.4) is 0 Å². The number of hydrogen-bond donors (Lipinski definition) is 1. The van der Waals surface area contributed by atoms with Crippen LogP contribution < -0.4 is 5.32 Å². The molecule has 0 atom stereocenters. The third-order valence-corrected chi connectivity index (χ3v) is 3.75. The van der Waals surface area contributed by atoms with Crippen molar-refractivity contribution in [2.45, 2.75) is 11.9 Å². The minimum Gasteiger partial charge on any atom is -0.457 e. The summed E-state index contributed by atoms with van der Waals surface area (Å²) in [6.45, 7) is 0.499. The summed E-state index contributed by atoms with van der Waals surface area (Å²) < 4.78 is 5.47. The molecular formula is C13H11Br2NO2. The first-order valence-electron chi connectivity index (χ1n) is 5.35. The lowest BCUT2D eigenvalue weighted by molar-refractivity contribution is 0.0949. The molecule has 1 N–H and O–H groups in total. The maximum Gasteiger partial charge on any atom is 0.256 e. The molecule has 3 nitrogen and oxygen atoms in total. The molecule has 94 valence electrons. The number of hydrogen-bond acceptors (Lipinski definition) is 2. The van der Waals surface area contributed by atoms with Crippen molar-refractivity contribution in [3.63, 3.8) is 0 Å². The predicted octanol–water partition coefficient (Wildman–Crippen LogP) is 3.87. The number of halogens is 2. The maximum absolute atomic E-state index is 11.8. The first-order chi connectivity index (χ1) is 8.70. The minimum absolute atomic E-state index is 0.153. The maximum atomic E-state index is 11.8. The average molecular weight is 373 g/mol. The zero-order valence-electron chi connectivity index (χ0n) is 9.45. The van der Waals surface area contributed by atoms with Gasteiger partial charge in [0.1, 0.15) is 0 Å². The third-order valence-electron chi connectivity index (χ3n) is 2.49. The molecule has 0 spiro atoms. The quantitative estimate of drug-likeness (QED) is 0.828. The second kappa shape index (κ2) is 6.20. The van der Waals surface area contributed by atoms with Gasteiger partial charge in [-0.25, -0.2) is 0 Å². The standard InChI is InChI=1S/C13H11Br2NO2/c14-7-9-1-3-10(4-2-9)8-16-13(17)11-5-6-18-12(11)15/h1-6H,7-8H2,(H,16,17). The Kier molecular flexibility index (Phi) is 4.60. The largest absolute Gasteiger partial charge is 0.457 e. The summed E-state index contributed by atoms with van der Waals surface area (Å²) in [5.41, 5.74) is 2.78. The van der Waals surface area contributed by atoms with Gasteiger partial charge in [-0.15, -0.1) is 0 Å². The molecule has 0 aliphatic heterocycles. The summed E-state index contributed by atoms with van der Waals surface area (Å²) in [4.78, 5) is 11.8. The van der Waals surface area contributed by atoms with E-state index in [9.17, 15) is 4.79 Å². The Hall–Kier alpha value is -1.07. The molecule has 0 saturated heterocycles. The van der Waals surface area contributed by atoms with Crippen molar-refractivity contribution in [1.29, 1.82) is 0 Å². The molecule has 18 heavy (non-hydrogen) atoms. The Morgan fingerprint density at radius 3 is 2.39 bits per heavy atom. The topological polar surface area (TPSA) is 42.2 Å². The first kappa shape index (κ1) is 13.4. The number of benzene rings is 1. The molecule has 0 unspecified atom stereocenters. The minimum atomic E-state index is -0.153. The third kappa shape index (κ3) is 3.23. The summed E-state index contributed by atoms with van der Waals surface area (Å²) in [5.74, 6) is -0.153. The molecule has 1 amide bonds. The van der Waals surface area contributed by atoms with Crippen molar-refractivity contribution in [3.8, 4) is 0 Å². The van der Waals surface area contributed by atoms with Gasteiger partial charge in [-0.2, -0.15) is 0 Å². The number of furan rings is 1. The number of nitrogens with one attached hydrogen (secondary N) is 1. The van der Waals surface area contributed by atoms with Gasteiger partial charge in [0.2, 0.25) is 0 Å². The van der Waals surface area contributed by atoms with Crippen molar-refractivity contribution in [2.24, 2.45) is 0 Å². The van der Waals surface area contributed by atoms with E-state index in [0.29, 0.717) is 16.8 Å². The van der Waals surface area contributed by atoms with E-state index in [2.05, 4.69) is 37.2 Å². The summed E-state index contributed by atoms with van der Waals surface area (Å²) in [6.07, 6.45) is 1.48. The molecule has 1 aromatic carbocycles. The van der Waals surface area contributed by atoms with E-state index in [1.165, 1.54) is 11.8 Å². The molecule has 0 fully saturated rings. The number of alkyl halides is 1. The van der Waals surface area contributed by atoms with E-state index in [-0.39, 0.29) is 5.91 Å². The van der Waals surface area contributed by atoms with Crippen LogP contribution in [0.4, 0.5) is 0 Å². The van der Waals surface area contributed by atoms with Crippen LogP contribution in [-0.2, 0) is 11.9 Å². The molecule has 2 rings (SSSR count). The van der Waals surface area contributed by atoms with Gasteiger partial charge in [0.05, 0.1) is 11.8 Å². The van der Waals surface area contributed by atoms with Gasteiger partial charge >= 0.3 is 0 Å². The van der Waals surface area contributed by atoms with E-state index in [0.717, 1.165) is 10.9 Å². The molecule has 0 radical (unpaired) electrons. The van der Waals surface area contributed by atoms with Crippen LogP contribution in [0, 0.1) is 0 Å². The fraction of sp³-hybridized carbons (Fsp3) is 0.154. The molecule has 0 saturated carbocycles. The van der Waals surface area contributed by atoms with Gasteiger partial charge in [0.25, 0.3) is 5.91 Å². The van der Waals surface area contributed by atoms with Crippen LogP contribution in [0.25, 0.3) is 0 Å². The Bertz CT molecular complexity index is 534. The fourth-order valence-electron chi connectivity index (χ4n) is 1.48. The van der Waals surface area contributed by atoms with Crippen molar-refractivity contribution in [2.75, 3.05) is 0 Å². The van der Waals surface area contributed by atoms with Crippen molar-refractivity contribution < 1.29 is 9.21 Å². The van der Waals surface area contributed by atoms with Crippen LogP contribution in [0.15, 0.2) is 45.7 Å². The first-order valence-corrected chi connectivity index (χ1v) is 7.27. The van der Waals surface area contributed by atoms with Gasteiger partial charge in [-0.05, 0) is 33.1 Å². The summed E-state index contributed by atoms with van der Waals surface area (Å²) in [7, 11) is 0. The van der Waals surface area contributed by atoms with E-state index < -0.39 is 0 Å². The summed E-state index contributed by atoms with van der Waals surface area (Å²) in [6, 6.07) is 9.70. The van der Waals surface area contributed by atoms with Gasteiger partial charge in [-0.3, -0.25) is 4.79 Å². The number of carbonyl (C=O) groups excluding carboxylic acids is 1. The van der Waals surface area contributed by atoms with Gasteiger partial charge in [0, 0.05) is 11.9 Å². The average Bonchev–Trinajstić information content (AvgIpc) is 2.83. The molecule has 0 aliphatic rings. The van der Waals surface area contributed by atoms with Crippen LogP contribution in [-0.4, -0.2) is 5.91 Å². The fourth-order valence-corrected chi connectivity index (χ4v) is 2.27. The lowest BCUT2D eigenvalue weighted by atomic mass is 10.1. The van der Waals surface area contributed by atoms with Crippen LogP contribution in [0.2, 0.25) is 0 Å². The van der Waals surface area contributed by atoms with E-state index >= 15 is 0 Å². The normalized spacial score (nSPS) is 10.3. The van der Waals surface area contributed by atoms with E-state index in [1.54, 1.807) is 6.07 Å². The second-order valence-electron chi connectivity index (χ2n) is 3.74. The summed E-state index contributed by atoms with van der Waals surface area (Å²) >= 11 is 6.57. The van der Waals surface area contributed by atoms with Crippen molar-refractivity contribution in [1.82, 2.24) is 5.32 Å². The Labute approximate surface area is 122 Å². The Morgan fingerprint density at radius 2 is 1.83 bits per heavy atom. The second-order valence-corrected chi connectivity index (χ2v) is 5.02. The smallest absolute Gasteiger partial charge is 0.256 e. The highest BCUT2D eigenvalue weighted by Crippen LogP contribution is 2.17. The number of carbonyl (C=O) groups is 1. The molecule has 0 aliphatic carbocycles. The Morgan fingerprint density at radius 1 is 1.17 bits per heavy atom. The zero-order valence-corrected chi connectivity index (χ0v) is 12.6. The number of rotatable bonds is 4. The lowest BCUT2D eigenvalue weighted by Crippen LogP contribution is -2.22. The van der Waals surface area contributed by atoms with Gasteiger partial charge in [0.15, 0.2) is 4.67 Å². The highest BCUT2D eigenvalue weighted by molar-refractivity contribution is 9.10. The number of amides is 1. The molecule has 1 aromatic heterocycles. The molecule has 0 bridgehead atoms. The summed E-state index contributed by atoms with van der Waals surface area (Å²) in [5, 5.41) is 3.67. The van der Waals surface area contributed by atoms with Crippen LogP contribution >= 0.6 is 31.9 Å². The predicted molar refractivity (Wildman–Crippen MR) is 76.7 cm³/mol. The SMILES string of the molecule is O=C(NCc1ccc(CBr)cc1)c1ccoc1Br. The highest BCUT2D eigenvalue weighted by atomic mass is 79.9. The van der Waals surface area contributed by atoms with Gasteiger partial charge < -0.3 is 9.73 Å². The Balaban J connectivity index is 1.95. The van der Waals surface area contributed by atoms with Crippen LogP contribution in [0.1, 0.15) is 21.5 Å². The van der Waals surface area contributed by atoms with Crippen LogP contribution in [0.5, 0.6) is 0 Å². The highest BCUT2D eigenvalue weighted by Gasteiger charge is 2.11. The van der Waals surface area contributed by atoms with Gasteiger partial charge in [-0.1, -0.05) is 40.2 Å². The molecule has 5 heteroatoms. The monoisotopic (exact) mass is 371 g/mol. The molecular weight excluding hydrogens is 362 g/mol. The van der Waals surface area contributed by atoms with E-state index in [1.807, 2.05) is 24.3 Å². The molecule has 1 heterocycles. The van der Waals surface area contributed by atoms with Crippen molar-refractivity contribution >= 4 is 37.8 Å². The van der Waals surface area contributed by atoms with Crippen molar-refractivity contribution in [3.05, 3.63) is 58.0 Å².